The number of ether oxygens (including phenoxy) is 1. The number of aryl methyl sites for hydroxylation is 1. The van der Waals surface area contributed by atoms with Crippen LogP contribution < -0.4 is 5.32 Å². The molecule has 1 aromatic rings. The number of nitrogens with zero attached hydrogens (tertiary/aromatic N) is 2. The van der Waals surface area contributed by atoms with Crippen molar-refractivity contribution < 1.29 is 19.4 Å². The molecular formula is C12H18BrN3O4. The number of amides is 1. The second kappa shape index (κ2) is 6.25. The summed E-state index contributed by atoms with van der Waals surface area (Å²) in [7, 11) is 1.67. The number of aromatic nitrogens is 2. The molecule has 2 N–H and O–H groups in total. The Hall–Kier alpha value is -1.57. The van der Waals surface area contributed by atoms with Crippen LogP contribution in [-0.2, 0) is 16.6 Å². The summed E-state index contributed by atoms with van der Waals surface area (Å²) in [6, 6.07) is -0.732. The highest BCUT2D eigenvalue weighted by molar-refractivity contribution is 9.10. The minimum absolute atomic E-state index is 0.266. The van der Waals surface area contributed by atoms with E-state index >= 15 is 0 Å². The van der Waals surface area contributed by atoms with Crippen molar-refractivity contribution in [3.63, 3.8) is 0 Å². The molecule has 0 aliphatic heterocycles. The van der Waals surface area contributed by atoms with Gasteiger partial charge in [0.1, 0.15) is 5.60 Å². The van der Waals surface area contributed by atoms with Crippen molar-refractivity contribution in [3.8, 4) is 0 Å². The Balaban J connectivity index is 2.91. The van der Waals surface area contributed by atoms with Gasteiger partial charge in [0, 0.05) is 7.05 Å². The highest BCUT2D eigenvalue weighted by atomic mass is 79.9. The lowest BCUT2D eigenvalue weighted by atomic mass is 10.1. The number of carbonyl (C=O) groups excluding carboxylic acids is 1. The van der Waals surface area contributed by atoms with Gasteiger partial charge in [-0.2, -0.15) is 5.10 Å². The molecule has 1 heterocycles. The first-order chi connectivity index (χ1) is 9.10. The number of rotatable bonds is 4. The number of carboxylic acid groups (broad SMARTS) is 1. The van der Waals surface area contributed by atoms with Gasteiger partial charge in [-0.15, -0.1) is 0 Å². The van der Waals surface area contributed by atoms with E-state index in [-0.39, 0.29) is 6.42 Å². The third kappa shape index (κ3) is 4.84. The Labute approximate surface area is 125 Å². The number of hydrogen-bond donors (Lipinski definition) is 2. The minimum atomic E-state index is -1.03. The molecule has 0 aliphatic rings. The van der Waals surface area contributed by atoms with Crippen LogP contribution in [0.1, 0.15) is 38.9 Å². The first-order valence-electron chi connectivity index (χ1n) is 5.99. The summed E-state index contributed by atoms with van der Waals surface area (Å²) in [6.45, 7) is 5.20. The molecule has 1 aromatic heterocycles. The largest absolute Gasteiger partial charge is 0.481 e. The fourth-order valence-corrected chi connectivity index (χ4v) is 2.28. The number of hydrogen-bond acceptors (Lipinski definition) is 4. The van der Waals surface area contributed by atoms with Gasteiger partial charge in [-0.05, 0) is 36.7 Å². The number of halogens is 1. The summed E-state index contributed by atoms with van der Waals surface area (Å²) in [4.78, 5) is 22.8. The van der Waals surface area contributed by atoms with E-state index in [1.807, 2.05) is 0 Å². The topological polar surface area (TPSA) is 93.5 Å². The molecule has 0 bridgehead atoms. The number of carbonyl (C=O) groups is 2. The molecule has 1 rings (SSSR count). The van der Waals surface area contributed by atoms with Gasteiger partial charge in [0.15, 0.2) is 0 Å². The maximum absolute atomic E-state index is 11.8. The standard InChI is InChI=1S/C12H18BrN3O4/c1-12(2,3)20-11(19)15-8(5-9(17)18)10-7(13)6-14-16(10)4/h6,8H,5H2,1-4H3,(H,15,19)(H,17,18)/t8-/m0/s1. The van der Waals surface area contributed by atoms with Gasteiger partial charge in [-0.1, -0.05) is 0 Å². The Morgan fingerprint density at radius 3 is 2.55 bits per heavy atom. The first kappa shape index (κ1) is 16.5. The quantitative estimate of drug-likeness (QED) is 0.870. The molecule has 0 aliphatic carbocycles. The van der Waals surface area contributed by atoms with E-state index in [9.17, 15) is 9.59 Å². The van der Waals surface area contributed by atoms with Crippen LogP contribution in [0.15, 0.2) is 10.7 Å². The monoisotopic (exact) mass is 347 g/mol. The SMILES string of the molecule is Cn1ncc(Br)c1[C@H](CC(=O)O)NC(=O)OC(C)(C)C. The minimum Gasteiger partial charge on any atom is -0.481 e. The van der Waals surface area contributed by atoms with E-state index < -0.39 is 23.7 Å². The van der Waals surface area contributed by atoms with Crippen LogP contribution in [0.5, 0.6) is 0 Å². The summed E-state index contributed by atoms with van der Waals surface area (Å²) in [6.07, 6.45) is 0.607. The van der Waals surface area contributed by atoms with Crippen molar-refractivity contribution in [2.24, 2.45) is 7.05 Å². The Kier molecular flexibility index (Phi) is 5.15. The predicted molar refractivity (Wildman–Crippen MR) is 75.3 cm³/mol. The lowest BCUT2D eigenvalue weighted by molar-refractivity contribution is -0.137. The number of alkyl carbamates (subject to hydrolysis) is 1. The molecule has 0 aromatic carbocycles. The van der Waals surface area contributed by atoms with E-state index in [4.69, 9.17) is 9.84 Å². The molecule has 0 unspecified atom stereocenters. The van der Waals surface area contributed by atoms with Crippen molar-refractivity contribution in [2.75, 3.05) is 0 Å². The normalized spacial score (nSPS) is 12.8. The van der Waals surface area contributed by atoms with Crippen molar-refractivity contribution in [3.05, 3.63) is 16.4 Å². The van der Waals surface area contributed by atoms with Crippen LogP contribution in [0.3, 0.4) is 0 Å². The molecule has 0 fully saturated rings. The third-order valence-electron chi connectivity index (χ3n) is 2.34. The Morgan fingerprint density at radius 2 is 2.15 bits per heavy atom. The average molecular weight is 348 g/mol. The Bertz CT molecular complexity index is 488. The van der Waals surface area contributed by atoms with Crippen LogP contribution >= 0.6 is 15.9 Å². The summed E-state index contributed by atoms with van der Waals surface area (Å²) >= 11 is 3.29. The molecule has 1 atom stereocenters. The first-order valence-corrected chi connectivity index (χ1v) is 6.78. The van der Waals surface area contributed by atoms with E-state index in [0.29, 0.717) is 10.2 Å². The summed E-state index contributed by atoms with van der Waals surface area (Å²) in [5.74, 6) is -1.03. The molecule has 112 valence electrons. The van der Waals surface area contributed by atoms with Crippen LogP contribution in [0, 0.1) is 0 Å². The fourth-order valence-electron chi connectivity index (χ4n) is 1.65. The van der Waals surface area contributed by atoms with Gasteiger partial charge in [0.05, 0.1) is 28.8 Å². The van der Waals surface area contributed by atoms with Gasteiger partial charge in [-0.25, -0.2) is 4.79 Å². The molecule has 0 saturated carbocycles. The van der Waals surface area contributed by atoms with Crippen LogP contribution in [-0.4, -0.2) is 32.6 Å². The highest BCUT2D eigenvalue weighted by Gasteiger charge is 2.26. The fraction of sp³-hybridized carbons (Fsp3) is 0.583. The van der Waals surface area contributed by atoms with Crippen LogP contribution in [0.4, 0.5) is 4.79 Å². The summed E-state index contributed by atoms with van der Waals surface area (Å²) < 4.78 is 7.28. The zero-order valence-corrected chi connectivity index (χ0v) is 13.4. The van der Waals surface area contributed by atoms with Gasteiger partial charge in [0.2, 0.25) is 0 Å². The smallest absolute Gasteiger partial charge is 0.408 e. The Morgan fingerprint density at radius 1 is 1.55 bits per heavy atom. The molecular weight excluding hydrogens is 330 g/mol. The van der Waals surface area contributed by atoms with E-state index in [1.165, 1.54) is 4.68 Å². The zero-order valence-electron chi connectivity index (χ0n) is 11.8. The number of nitrogens with one attached hydrogen (secondary N) is 1. The number of carboxylic acids is 1. The summed E-state index contributed by atoms with van der Waals surface area (Å²) in [5, 5.41) is 15.5. The van der Waals surface area contributed by atoms with Crippen molar-refractivity contribution in [1.29, 1.82) is 0 Å². The van der Waals surface area contributed by atoms with Gasteiger partial charge >= 0.3 is 12.1 Å². The van der Waals surface area contributed by atoms with Crippen LogP contribution in [0.25, 0.3) is 0 Å². The lowest BCUT2D eigenvalue weighted by Crippen LogP contribution is -2.36. The molecule has 20 heavy (non-hydrogen) atoms. The molecule has 0 saturated heterocycles. The van der Waals surface area contributed by atoms with Gasteiger partial charge in [0.25, 0.3) is 0 Å². The highest BCUT2D eigenvalue weighted by Crippen LogP contribution is 2.25. The van der Waals surface area contributed by atoms with Crippen molar-refractivity contribution in [1.82, 2.24) is 15.1 Å². The van der Waals surface area contributed by atoms with Crippen molar-refractivity contribution >= 4 is 28.0 Å². The van der Waals surface area contributed by atoms with Gasteiger partial charge < -0.3 is 15.2 Å². The molecule has 8 heteroatoms. The van der Waals surface area contributed by atoms with E-state index in [1.54, 1.807) is 34.0 Å². The summed E-state index contributed by atoms with van der Waals surface area (Å²) in [5.41, 5.74) is -0.0834. The van der Waals surface area contributed by atoms with Crippen molar-refractivity contribution in [2.45, 2.75) is 38.8 Å². The molecule has 0 radical (unpaired) electrons. The second-order valence-electron chi connectivity index (χ2n) is 5.30. The molecule has 7 nitrogen and oxygen atoms in total. The predicted octanol–water partition coefficient (Wildman–Crippen LogP) is 2.22. The third-order valence-corrected chi connectivity index (χ3v) is 2.95. The average Bonchev–Trinajstić information content (AvgIpc) is 2.53. The number of aliphatic carboxylic acids is 1. The lowest BCUT2D eigenvalue weighted by Gasteiger charge is -2.23. The van der Waals surface area contributed by atoms with Crippen LogP contribution in [0.2, 0.25) is 0 Å². The van der Waals surface area contributed by atoms with E-state index in [0.717, 1.165) is 0 Å². The van der Waals surface area contributed by atoms with E-state index in [2.05, 4.69) is 26.3 Å². The molecule has 0 spiro atoms. The van der Waals surface area contributed by atoms with Gasteiger partial charge in [-0.3, -0.25) is 9.48 Å². The second-order valence-corrected chi connectivity index (χ2v) is 6.15. The zero-order chi connectivity index (χ0) is 15.5. The molecule has 1 amide bonds. The maximum Gasteiger partial charge on any atom is 0.408 e. The maximum atomic E-state index is 11.8.